The second-order valence-electron chi connectivity index (χ2n) is 3.75. The van der Waals surface area contributed by atoms with Gasteiger partial charge in [0.1, 0.15) is 0 Å². The molecule has 1 rings (SSSR count). The first-order chi connectivity index (χ1) is 7.25. The third-order valence-electron chi connectivity index (χ3n) is 2.15. The van der Waals surface area contributed by atoms with Crippen LogP contribution in [0.1, 0.15) is 31.7 Å². The molecule has 0 atom stereocenters. The van der Waals surface area contributed by atoms with Crippen LogP contribution < -0.4 is 4.74 Å². The summed E-state index contributed by atoms with van der Waals surface area (Å²) in [5.41, 5.74) is 1.16. The van der Waals surface area contributed by atoms with Crippen LogP contribution in [0.2, 0.25) is 0 Å². The van der Waals surface area contributed by atoms with E-state index in [4.69, 9.17) is 9.47 Å². The first-order valence-corrected chi connectivity index (χ1v) is 5.32. The van der Waals surface area contributed by atoms with Crippen LogP contribution in [0.15, 0.2) is 18.3 Å². The van der Waals surface area contributed by atoms with E-state index in [2.05, 4.69) is 24.9 Å². The Hall–Kier alpha value is -1.09. The number of hydrogen-bond donors (Lipinski definition) is 0. The first-order valence-electron chi connectivity index (χ1n) is 5.32. The van der Waals surface area contributed by atoms with Crippen LogP contribution >= 0.6 is 0 Å². The van der Waals surface area contributed by atoms with Crippen molar-refractivity contribution in [3.05, 3.63) is 23.9 Å². The molecule has 0 aromatic carbocycles. The van der Waals surface area contributed by atoms with Gasteiger partial charge < -0.3 is 9.47 Å². The molecular formula is C12H19NO2. The SMILES string of the molecule is COCCCOc1ncccc1C(C)C. The molecule has 0 bridgehead atoms. The normalized spacial score (nSPS) is 10.7. The summed E-state index contributed by atoms with van der Waals surface area (Å²) in [4.78, 5) is 4.23. The van der Waals surface area contributed by atoms with Gasteiger partial charge in [0.05, 0.1) is 6.61 Å². The summed E-state index contributed by atoms with van der Waals surface area (Å²) in [6, 6.07) is 4.00. The molecule has 0 spiro atoms. The molecule has 0 N–H and O–H groups in total. The van der Waals surface area contributed by atoms with Crippen LogP contribution in [-0.4, -0.2) is 25.3 Å². The van der Waals surface area contributed by atoms with Gasteiger partial charge in [0.25, 0.3) is 0 Å². The fraction of sp³-hybridized carbons (Fsp3) is 0.583. The minimum absolute atomic E-state index is 0.441. The van der Waals surface area contributed by atoms with Crippen LogP contribution in [0.5, 0.6) is 5.88 Å². The van der Waals surface area contributed by atoms with E-state index < -0.39 is 0 Å². The van der Waals surface area contributed by atoms with Crippen LogP contribution in [-0.2, 0) is 4.74 Å². The average Bonchev–Trinajstić information content (AvgIpc) is 2.25. The van der Waals surface area contributed by atoms with E-state index in [1.807, 2.05) is 6.07 Å². The molecule has 3 nitrogen and oxygen atoms in total. The lowest BCUT2D eigenvalue weighted by Gasteiger charge is -2.11. The summed E-state index contributed by atoms with van der Waals surface area (Å²) in [5, 5.41) is 0. The molecule has 0 aliphatic carbocycles. The van der Waals surface area contributed by atoms with E-state index in [0.29, 0.717) is 12.5 Å². The third kappa shape index (κ3) is 3.88. The van der Waals surface area contributed by atoms with Gasteiger partial charge >= 0.3 is 0 Å². The molecule has 0 aliphatic heterocycles. The van der Waals surface area contributed by atoms with Gasteiger partial charge in [-0.3, -0.25) is 0 Å². The molecule has 3 heteroatoms. The maximum absolute atomic E-state index is 5.61. The lowest BCUT2D eigenvalue weighted by atomic mass is 10.1. The van der Waals surface area contributed by atoms with E-state index in [1.54, 1.807) is 13.3 Å². The molecule has 0 unspecified atom stereocenters. The minimum Gasteiger partial charge on any atom is -0.477 e. The lowest BCUT2D eigenvalue weighted by Crippen LogP contribution is -2.05. The highest BCUT2D eigenvalue weighted by Gasteiger charge is 2.07. The highest BCUT2D eigenvalue weighted by molar-refractivity contribution is 5.28. The Kier molecular flexibility index (Phi) is 5.12. The van der Waals surface area contributed by atoms with E-state index in [9.17, 15) is 0 Å². The molecule has 84 valence electrons. The topological polar surface area (TPSA) is 31.4 Å². The maximum atomic E-state index is 5.61. The standard InChI is InChI=1S/C12H19NO2/c1-10(2)11-6-4-7-13-12(11)15-9-5-8-14-3/h4,6-7,10H,5,8-9H2,1-3H3. The Morgan fingerprint density at radius 2 is 2.13 bits per heavy atom. The highest BCUT2D eigenvalue weighted by Crippen LogP contribution is 2.23. The van der Waals surface area contributed by atoms with Gasteiger partial charge in [-0.1, -0.05) is 19.9 Å². The van der Waals surface area contributed by atoms with Crippen molar-refractivity contribution in [3.8, 4) is 5.88 Å². The van der Waals surface area contributed by atoms with Crippen molar-refractivity contribution in [3.63, 3.8) is 0 Å². The van der Waals surface area contributed by atoms with Gasteiger partial charge in [0.15, 0.2) is 0 Å². The summed E-state index contributed by atoms with van der Waals surface area (Å²) in [5.74, 6) is 1.19. The predicted octanol–water partition coefficient (Wildman–Crippen LogP) is 2.62. The highest BCUT2D eigenvalue weighted by atomic mass is 16.5. The third-order valence-corrected chi connectivity index (χ3v) is 2.15. The Labute approximate surface area is 91.4 Å². The zero-order chi connectivity index (χ0) is 11.1. The molecule has 0 saturated heterocycles. The largest absolute Gasteiger partial charge is 0.477 e. The fourth-order valence-electron chi connectivity index (χ4n) is 1.34. The van der Waals surface area contributed by atoms with Gasteiger partial charge in [0, 0.05) is 31.9 Å². The predicted molar refractivity (Wildman–Crippen MR) is 60.3 cm³/mol. The van der Waals surface area contributed by atoms with Crippen LogP contribution in [0.3, 0.4) is 0 Å². The van der Waals surface area contributed by atoms with Crippen LogP contribution in [0.25, 0.3) is 0 Å². The van der Waals surface area contributed by atoms with Gasteiger partial charge in [-0.25, -0.2) is 4.98 Å². The van der Waals surface area contributed by atoms with Crippen molar-refractivity contribution in [1.82, 2.24) is 4.98 Å². The van der Waals surface area contributed by atoms with Crippen molar-refractivity contribution in [2.45, 2.75) is 26.2 Å². The zero-order valence-corrected chi connectivity index (χ0v) is 9.69. The molecule has 0 amide bonds. The second kappa shape index (κ2) is 6.40. The summed E-state index contributed by atoms with van der Waals surface area (Å²) >= 11 is 0. The molecule has 15 heavy (non-hydrogen) atoms. The van der Waals surface area contributed by atoms with Crippen molar-refractivity contribution in [2.24, 2.45) is 0 Å². The molecule has 0 fully saturated rings. The van der Waals surface area contributed by atoms with Gasteiger partial charge in [-0.05, 0) is 12.0 Å². The summed E-state index contributed by atoms with van der Waals surface area (Å²) < 4.78 is 10.6. The molecule has 0 aliphatic rings. The maximum Gasteiger partial charge on any atom is 0.216 e. The summed E-state index contributed by atoms with van der Waals surface area (Å²) in [6.45, 7) is 5.66. The van der Waals surface area contributed by atoms with Gasteiger partial charge in [0.2, 0.25) is 5.88 Å². The van der Waals surface area contributed by atoms with E-state index in [0.717, 1.165) is 24.5 Å². The number of aromatic nitrogens is 1. The van der Waals surface area contributed by atoms with E-state index >= 15 is 0 Å². The van der Waals surface area contributed by atoms with Crippen LogP contribution in [0, 0.1) is 0 Å². The average molecular weight is 209 g/mol. The number of pyridine rings is 1. The number of rotatable bonds is 6. The molecule has 0 saturated carbocycles. The monoisotopic (exact) mass is 209 g/mol. The second-order valence-corrected chi connectivity index (χ2v) is 3.75. The Balaban J connectivity index is 2.52. The summed E-state index contributed by atoms with van der Waals surface area (Å²) in [7, 11) is 1.69. The number of methoxy groups -OCH3 is 1. The van der Waals surface area contributed by atoms with E-state index in [1.165, 1.54) is 0 Å². The van der Waals surface area contributed by atoms with Crippen molar-refractivity contribution in [1.29, 1.82) is 0 Å². The lowest BCUT2D eigenvalue weighted by molar-refractivity contribution is 0.170. The molecule has 1 aromatic rings. The van der Waals surface area contributed by atoms with Gasteiger partial charge in [-0.15, -0.1) is 0 Å². The first kappa shape index (κ1) is 12.0. The zero-order valence-electron chi connectivity index (χ0n) is 9.69. The quantitative estimate of drug-likeness (QED) is 0.675. The van der Waals surface area contributed by atoms with Gasteiger partial charge in [-0.2, -0.15) is 0 Å². The minimum atomic E-state index is 0.441. The number of nitrogens with zero attached hydrogens (tertiary/aromatic N) is 1. The molecule has 1 aromatic heterocycles. The number of hydrogen-bond acceptors (Lipinski definition) is 3. The Morgan fingerprint density at radius 3 is 2.80 bits per heavy atom. The molecular weight excluding hydrogens is 190 g/mol. The fourth-order valence-corrected chi connectivity index (χ4v) is 1.34. The van der Waals surface area contributed by atoms with Crippen LogP contribution in [0.4, 0.5) is 0 Å². The molecule has 1 heterocycles. The number of ether oxygens (including phenoxy) is 2. The van der Waals surface area contributed by atoms with Crippen molar-refractivity contribution < 1.29 is 9.47 Å². The Bertz CT molecular complexity index is 287. The molecule has 0 radical (unpaired) electrons. The Morgan fingerprint density at radius 1 is 1.33 bits per heavy atom. The van der Waals surface area contributed by atoms with Crippen molar-refractivity contribution in [2.75, 3.05) is 20.3 Å². The van der Waals surface area contributed by atoms with Crippen molar-refractivity contribution >= 4 is 0 Å². The summed E-state index contributed by atoms with van der Waals surface area (Å²) in [6.07, 6.45) is 2.65. The van der Waals surface area contributed by atoms with E-state index in [-0.39, 0.29) is 0 Å². The smallest absolute Gasteiger partial charge is 0.216 e.